The second-order valence-electron chi connectivity index (χ2n) is 6.91. The Morgan fingerprint density at radius 1 is 1.33 bits per heavy atom. The summed E-state index contributed by atoms with van der Waals surface area (Å²) in [5.41, 5.74) is 1.02. The Labute approximate surface area is 176 Å². The number of benzene rings is 1. The Kier molecular flexibility index (Phi) is 6.73. The Balaban J connectivity index is 1.90. The van der Waals surface area contributed by atoms with Crippen molar-refractivity contribution in [3.05, 3.63) is 38.8 Å². The van der Waals surface area contributed by atoms with Gasteiger partial charge >= 0.3 is 5.97 Å². The number of carbonyl (C=O) groups excluding carboxylic acids is 3. The fourth-order valence-corrected chi connectivity index (χ4v) is 3.90. The maximum Gasteiger partial charge on any atom is 0.326 e. The van der Waals surface area contributed by atoms with Crippen LogP contribution in [0.25, 0.3) is 6.08 Å². The summed E-state index contributed by atoms with van der Waals surface area (Å²) in [7, 11) is 0. The zero-order chi connectivity index (χ0) is 21.8. The minimum absolute atomic E-state index is 0.0901. The average Bonchev–Trinajstić information content (AvgIpc) is 2.95. The molecule has 0 bridgehead atoms. The van der Waals surface area contributed by atoms with Crippen LogP contribution in [-0.4, -0.2) is 65.9 Å². The van der Waals surface area contributed by atoms with Crippen molar-refractivity contribution in [1.29, 1.82) is 0 Å². The number of hydrogen-bond acceptors (Lipinski definition) is 9. The number of imide groups is 1. The summed E-state index contributed by atoms with van der Waals surface area (Å²) < 4.78 is 10.3. The van der Waals surface area contributed by atoms with Crippen molar-refractivity contribution in [1.82, 2.24) is 4.90 Å². The highest BCUT2D eigenvalue weighted by atomic mass is 32.2. The molecule has 160 valence electrons. The Bertz CT molecular complexity index is 909. The van der Waals surface area contributed by atoms with E-state index in [4.69, 9.17) is 9.47 Å². The fourth-order valence-electron chi connectivity index (χ4n) is 3.07. The van der Waals surface area contributed by atoms with Crippen molar-refractivity contribution < 1.29 is 28.8 Å². The number of nitrogens with zero attached hydrogens (tertiary/aromatic N) is 3. The third-order valence-corrected chi connectivity index (χ3v) is 5.30. The lowest BCUT2D eigenvalue weighted by Crippen LogP contribution is -2.36. The van der Waals surface area contributed by atoms with Gasteiger partial charge in [-0.1, -0.05) is 0 Å². The topological polar surface area (TPSA) is 119 Å². The van der Waals surface area contributed by atoms with Gasteiger partial charge in [-0.05, 0) is 37.8 Å². The largest absolute Gasteiger partial charge is 0.462 e. The van der Waals surface area contributed by atoms with Crippen LogP contribution in [0, 0.1) is 10.1 Å². The van der Waals surface area contributed by atoms with E-state index in [-0.39, 0.29) is 16.7 Å². The number of non-ortho nitro benzene ring substituents is 1. The van der Waals surface area contributed by atoms with Gasteiger partial charge in [-0.25, -0.2) is 0 Å². The monoisotopic (exact) mass is 435 g/mol. The highest BCUT2D eigenvalue weighted by Crippen LogP contribution is 2.35. The van der Waals surface area contributed by atoms with Crippen molar-refractivity contribution in [3.8, 4) is 0 Å². The molecule has 0 spiro atoms. The maximum absolute atomic E-state index is 12.7. The van der Waals surface area contributed by atoms with Gasteiger partial charge in [-0.2, -0.15) is 0 Å². The second-order valence-corrected chi connectivity index (χ2v) is 7.90. The number of carbonyl (C=O) groups is 3. The van der Waals surface area contributed by atoms with Gasteiger partial charge in [0.15, 0.2) is 0 Å². The van der Waals surface area contributed by atoms with Crippen LogP contribution in [-0.2, 0) is 19.1 Å². The standard InChI is InChI=1S/C19H21N3O7S/c1-12(2)29-17(23)11-21-18(24)16(30-19(21)25)10-13-9-14(22(26)27)3-4-15(13)20-5-7-28-8-6-20/h3-4,9-10,12H,5-8,11H2,1-2H3/b16-10-. The van der Waals surface area contributed by atoms with Crippen molar-refractivity contribution in [2.75, 3.05) is 37.7 Å². The van der Waals surface area contributed by atoms with Crippen LogP contribution in [0.15, 0.2) is 23.1 Å². The summed E-state index contributed by atoms with van der Waals surface area (Å²) in [5.74, 6) is -1.32. The number of thioether (sulfide) groups is 1. The minimum atomic E-state index is -0.682. The van der Waals surface area contributed by atoms with Gasteiger partial charge in [0.25, 0.3) is 16.8 Å². The van der Waals surface area contributed by atoms with E-state index in [1.807, 2.05) is 4.90 Å². The summed E-state index contributed by atoms with van der Waals surface area (Å²) >= 11 is 0.685. The van der Waals surface area contributed by atoms with Crippen molar-refractivity contribution >= 4 is 46.3 Å². The summed E-state index contributed by atoms with van der Waals surface area (Å²) in [5, 5.41) is 10.6. The van der Waals surface area contributed by atoms with Gasteiger partial charge in [0, 0.05) is 36.5 Å². The van der Waals surface area contributed by atoms with E-state index >= 15 is 0 Å². The molecule has 2 saturated heterocycles. The van der Waals surface area contributed by atoms with Crippen LogP contribution < -0.4 is 4.90 Å². The van der Waals surface area contributed by atoms with Crippen molar-refractivity contribution in [2.45, 2.75) is 20.0 Å². The SMILES string of the molecule is CC(C)OC(=O)CN1C(=O)S/C(=C\c2cc([N+](=O)[O-])ccc2N2CCOCC2)C1=O. The molecule has 10 nitrogen and oxygen atoms in total. The number of morpholine rings is 1. The van der Waals surface area contributed by atoms with Crippen LogP contribution in [0.4, 0.5) is 16.2 Å². The third-order valence-electron chi connectivity index (χ3n) is 4.39. The number of ether oxygens (including phenoxy) is 2. The molecule has 0 saturated carbocycles. The van der Waals surface area contributed by atoms with Crippen LogP contribution in [0.1, 0.15) is 19.4 Å². The van der Waals surface area contributed by atoms with E-state index in [2.05, 4.69) is 0 Å². The Hall–Kier alpha value is -2.92. The molecule has 0 aliphatic carbocycles. The fraction of sp³-hybridized carbons (Fsp3) is 0.421. The zero-order valence-corrected chi connectivity index (χ0v) is 17.3. The first kappa shape index (κ1) is 21.8. The Morgan fingerprint density at radius 2 is 2.03 bits per heavy atom. The molecule has 0 atom stereocenters. The normalized spacial score (nSPS) is 18.4. The van der Waals surface area contributed by atoms with E-state index in [1.165, 1.54) is 18.2 Å². The molecular weight excluding hydrogens is 414 g/mol. The van der Waals surface area contributed by atoms with E-state index in [0.29, 0.717) is 49.3 Å². The molecule has 2 aliphatic heterocycles. The first-order valence-electron chi connectivity index (χ1n) is 9.32. The van der Waals surface area contributed by atoms with Crippen molar-refractivity contribution in [3.63, 3.8) is 0 Å². The maximum atomic E-state index is 12.7. The lowest BCUT2D eigenvalue weighted by atomic mass is 10.1. The smallest absolute Gasteiger partial charge is 0.326 e. The summed E-state index contributed by atoms with van der Waals surface area (Å²) in [6, 6.07) is 4.39. The van der Waals surface area contributed by atoms with E-state index < -0.39 is 28.6 Å². The summed E-state index contributed by atoms with van der Waals surface area (Å²) in [6.45, 7) is 5.09. The third kappa shape index (κ3) is 4.97. The number of hydrogen-bond donors (Lipinski definition) is 0. The molecule has 2 heterocycles. The summed E-state index contributed by atoms with van der Waals surface area (Å²) in [6.07, 6.45) is 1.09. The molecule has 11 heteroatoms. The number of anilines is 1. The van der Waals surface area contributed by atoms with Crippen LogP contribution in [0.2, 0.25) is 0 Å². The number of nitro groups is 1. The van der Waals surface area contributed by atoms with E-state index in [1.54, 1.807) is 19.9 Å². The lowest BCUT2D eigenvalue weighted by Gasteiger charge is -2.30. The van der Waals surface area contributed by atoms with E-state index in [0.717, 1.165) is 4.90 Å². The summed E-state index contributed by atoms with van der Waals surface area (Å²) in [4.78, 5) is 50.4. The molecule has 1 aromatic rings. The second kappa shape index (κ2) is 9.26. The number of rotatable bonds is 6. The van der Waals surface area contributed by atoms with Crippen molar-refractivity contribution in [2.24, 2.45) is 0 Å². The molecular formula is C19H21N3O7S. The molecule has 0 aromatic heterocycles. The average molecular weight is 435 g/mol. The zero-order valence-electron chi connectivity index (χ0n) is 16.5. The molecule has 3 rings (SSSR count). The molecule has 0 unspecified atom stereocenters. The lowest BCUT2D eigenvalue weighted by molar-refractivity contribution is -0.384. The molecule has 0 radical (unpaired) electrons. The van der Waals surface area contributed by atoms with Gasteiger partial charge in [0.2, 0.25) is 0 Å². The molecule has 1 aromatic carbocycles. The minimum Gasteiger partial charge on any atom is -0.462 e. The molecule has 2 aliphatic rings. The van der Waals surface area contributed by atoms with Gasteiger partial charge < -0.3 is 14.4 Å². The molecule has 2 fully saturated rings. The highest BCUT2D eigenvalue weighted by Gasteiger charge is 2.37. The predicted molar refractivity (Wildman–Crippen MR) is 110 cm³/mol. The number of nitro benzene ring substituents is 1. The number of esters is 1. The van der Waals surface area contributed by atoms with Crippen LogP contribution >= 0.6 is 11.8 Å². The molecule has 30 heavy (non-hydrogen) atoms. The van der Waals surface area contributed by atoms with Gasteiger partial charge in [-0.3, -0.25) is 29.4 Å². The van der Waals surface area contributed by atoms with Crippen LogP contribution in [0.3, 0.4) is 0 Å². The van der Waals surface area contributed by atoms with Crippen LogP contribution in [0.5, 0.6) is 0 Å². The first-order valence-corrected chi connectivity index (χ1v) is 10.1. The molecule has 0 N–H and O–H groups in total. The Morgan fingerprint density at radius 3 is 2.67 bits per heavy atom. The quantitative estimate of drug-likeness (QED) is 0.287. The van der Waals surface area contributed by atoms with E-state index in [9.17, 15) is 24.5 Å². The first-order chi connectivity index (χ1) is 14.3. The predicted octanol–water partition coefficient (Wildman–Crippen LogP) is 2.42. The van der Waals surface area contributed by atoms with Gasteiger partial charge in [-0.15, -0.1) is 0 Å². The number of amides is 2. The highest BCUT2D eigenvalue weighted by molar-refractivity contribution is 8.18. The van der Waals surface area contributed by atoms with Gasteiger partial charge in [0.05, 0.1) is 29.1 Å². The van der Waals surface area contributed by atoms with Gasteiger partial charge in [0.1, 0.15) is 6.54 Å². The molecule has 2 amide bonds.